The van der Waals surface area contributed by atoms with E-state index in [2.05, 4.69) is 15.9 Å². The molecule has 0 spiro atoms. The molecule has 0 saturated carbocycles. The number of rotatable bonds is 3. The van der Waals surface area contributed by atoms with Gasteiger partial charge in [-0.1, -0.05) is 30.3 Å². The van der Waals surface area contributed by atoms with Crippen LogP contribution in [0.4, 0.5) is 4.39 Å². The van der Waals surface area contributed by atoms with Crippen LogP contribution in [0.5, 0.6) is 0 Å². The van der Waals surface area contributed by atoms with E-state index in [1.165, 1.54) is 6.07 Å². The van der Waals surface area contributed by atoms with Crippen LogP contribution in [0.1, 0.15) is 17.2 Å². The van der Waals surface area contributed by atoms with Crippen LogP contribution in [-0.2, 0) is 6.42 Å². The molecule has 1 atom stereocenters. The van der Waals surface area contributed by atoms with Crippen molar-refractivity contribution in [1.29, 1.82) is 0 Å². The number of halogens is 2. The van der Waals surface area contributed by atoms with Crippen LogP contribution < -0.4 is 0 Å². The summed E-state index contributed by atoms with van der Waals surface area (Å²) in [5.41, 5.74) is 1.68. The Balaban J connectivity index is 1.93. The number of aliphatic hydroxyl groups excluding tert-OH is 1. The van der Waals surface area contributed by atoms with E-state index in [0.717, 1.165) is 21.2 Å². The Hall–Kier alpha value is -1.23. The molecule has 1 unspecified atom stereocenters. The van der Waals surface area contributed by atoms with Crippen molar-refractivity contribution in [2.75, 3.05) is 0 Å². The average Bonchev–Trinajstić information content (AvgIpc) is 2.88. The second-order valence-electron chi connectivity index (χ2n) is 4.62. The quantitative estimate of drug-likeness (QED) is 0.698. The molecule has 3 aromatic rings. The molecular formula is C16H12BrFOS. The first-order chi connectivity index (χ1) is 9.66. The zero-order valence-electron chi connectivity index (χ0n) is 10.5. The van der Waals surface area contributed by atoms with Gasteiger partial charge in [-0.05, 0) is 50.0 Å². The molecule has 0 radical (unpaired) electrons. The van der Waals surface area contributed by atoms with Crippen molar-refractivity contribution in [3.8, 4) is 0 Å². The summed E-state index contributed by atoms with van der Waals surface area (Å²) < 4.78 is 15.1. The van der Waals surface area contributed by atoms with Gasteiger partial charge in [0.25, 0.3) is 0 Å². The van der Waals surface area contributed by atoms with Gasteiger partial charge in [0, 0.05) is 11.1 Å². The van der Waals surface area contributed by atoms with Gasteiger partial charge in [0.05, 0.1) is 10.6 Å². The molecule has 0 aliphatic rings. The average molecular weight is 351 g/mol. The Labute approximate surface area is 128 Å². The lowest BCUT2D eigenvalue weighted by atomic mass is 10.0. The van der Waals surface area contributed by atoms with E-state index in [0.29, 0.717) is 10.9 Å². The maximum atomic E-state index is 13.5. The van der Waals surface area contributed by atoms with Crippen LogP contribution in [0, 0.1) is 5.82 Å². The fourth-order valence-electron chi connectivity index (χ4n) is 2.28. The Kier molecular flexibility index (Phi) is 3.87. The highest BCUT2D eigenvalue weighted by Gasteiger charge is 2.16. The Bertz CT molecular complexity index is 753. The fraction of sp³-hybridized carbons (Fsp3) is 0.125. The van der Waals surface area contributed by atoms with Gasteiger partial charge in [-0.3, -0.25) is 0 Å². The van der Waals surface area contributed by atoms with Gasteiger partial charge >= 0.3 is 0 Å². The van der Waals surface area contributed by atoms with Crippen molar-refractivity contribution in [2.24, 2.45) is 0 Å². The molecule has 0 aliphatic carbocycles. The molecule has 2 aromatic carbocycles. The molecule has 3 rings (SSSR count). The molecule has 4 heteroatoms. The van der Waals surface area contributed by atoms with Crippen molar-refractivity contribution in [3.05, 3.63) is 69.3 Å². The van der Waals surface area contributed by atoms with Crippen molar-refractivity contribution in [3.63, 3.8) is 0 Å². The van der Waals surface area contributed by atoms with Crippen molar-refractivity contribution >= 4 is 37.4 Å². The fourth-order valence-corrected chi connectivity index (χ4v) is 3.71. The summed E-state index contributed by atoms with van der Waals surface area (Å²) in [4.78, 5) is 0. The highest BCUT2D eigenvalue weighted by molar-refractivity contribution is 9.10. The van der Waals surface area contributed by atoms with Gasteiger partial charge in [-0.25, -0.2) is 4.39 Å². The van der Waals surface area contributed by atoms with E-state index in [-0.39, 0.29) is 5.82 Å². The second kappa shape index (κ2) is 5.64. The van der Waals surface area contributed by atoms with Crippen molar-refractivity contribution in [2.45, 2.75) is 12.5 Å². The number of aliphatic hydroxyl groups is 1. The van der Waals surface area contributed by atoms with Crippen LogP contribution in [-0.4, -0.2) is 5.11 Å². The molecule has 0 aliphatic heterocycles. The van der Waals surface area contributed by atoms with Gasteiger partial charge in [-0.15, -0.1) is 11.3 Å². The van der Waals surface area contributed by atoms with Crippen LogP contribution in [0.2, 0.25) is 0 Å². The number of thiophene rings is 1. The Morgan fingerprint density at radius 1 is 1.15 bits per heavy atom. The van der Waals surface area contributed by atoms with Crippen molar-refractivity contribution < 1.29 is 9.50 Å². The minimum absolute atomic E-state index is 0.301. The van der Waals surface area contributed by atoms with Gasteiger partial charge in [-0.2, -0.15) is 0 Å². The highest BCUT2D eigenvalue weighted by atomic mass is 79.9. The molecule has 1 heterocycles. The van der Waals surface area contributed by atoms with Crippen LogP contribution in [0.25, 0.3) is 10.1 Å². The lowest BCUT2D eigenvalue weighted by molar-refractivity contribution is 0.180. The minimum atomic E-state index is -0.635. The maximum absolute atomic E-state index is 13.5. The third-order valence-corrected chi connectivity index (χ3v) is 5.18. The molecule has 20 heavy (non-hydrogen) atoms. The number of hydrogen-bond acceptors (Lipinski definition) is 2. The van der Waals surface area contributed by atoms with Gasteiger partial charge in [0.15, 0.2) is 0 Å². The maximum Gasteiger partial charge on any atom is 0.137 e. The number of benzene rings is 2. The molecule has 0 fully saturated rings. The third kappa shape index (κ3) is 2.51. The van der Waals surface area contributed by atoms with E-state index in [1.807, 2.05) is 35.7 Å². The first kappa shape index (κ1) is 13.7. The van der Waals surface area contributed by atoms with Crippen molar-refractivity contribution in [1.82, 2.24) is 0 Å². The highest BCUT2D eigenvalue weighted by Crippen LogP contribution is 2.33. The largest absolute Gasteiger partial charge is 0.388 e. The normalized spacial score (nSPS) is 12.8. The first-order valence-corrected chi connectivity index (χ1v) is 7.91. The summed E-state index contributed by atoms with van der Waals surface area (Å²) >= 11 is 4.85. The lowest BCUT2D eigenvalue weighted by Gasteiger charge is -2.12. The summed E-state index contributed by atoms with van der Waals surface area (Å²) in [5.74, 6) is -0.301. The number of fused-ring (bicyclic) bond motifs is 1. The predicted octanol–water partition coefficient (Wildman–Crippen LogP) is 5.08. The smallest absolute Gasteiger partial charge is 0.137 e. The molecular weight excluding hydrogens is 339 g/mol. The van der Waals surface area contributed by atoms with Crippen LogP contribution in [0.15, 0.2) is 52.3 Å². The zero-order valence-corrected chi connectivity index (χ0v) is 12.9. The number of hydrogen-bond donors (Lipinski definition) is 1. The summed E-state index contributed by atoms with van der Waals surface area (Å²) in [6.45, 7) is 0. The topological polar surface area (TPSA) is 20.2 Å². The molecule has 1 aromatic heterocycles. The molecule has 102 valence electrons. The van der Waals surface area contributed by atoms with Gasteiger partial charge in [0.2, 0.25) is 0 Å². The molecule has 1 nitrogen and oxygen atoms in total. The van der Waals surface area contributed by atoms with Crippen LogP contribution in [0.3, 0.4) is 0 Å². The molecule has 0 saturated heterocycles. The summed E-state index contributed by atoms with van der Waals surface area (Å²) in [6.07, 6.45) is -0.247. The van der Waals surface area contributed by atoms with Gasteiger partial charge < -0.3 is 5.11 Å². The van der Waals surface area contributed by atoms with E-state index in [9.17, 15) is 9.50 Å². The monoisotopic (exact) mass is 350 g/mol. The lowest BCUT2D eigenvalue weighted by Crippen LogP contribution is -2.02. The van der Waals surface area contributed by atoms with E-state index in [4.69, 9.17) is 0 Å². The van der Waals surface area contributed by atoms with E-state index >= 15 is 0 Å². The minimum Gasteiger partial charge on any atom is -0.388 e. The van der Waals surface area contributed by atoms with E-state index in [1.54, 1.807) is 17.4 Å². The standard InChI is InChI=1S/C16H12BrFOS/c17-16-10(4-3-6-13(16)18)8-14(19)12-9-20-15-7-2-1-5-11(12)15/h1-7,9,14,19H,8H2. The summed E-state index contributed by atoms with van der Waals surface area (Å²) in [5, 5.41) is 13.5. The summed E-state index contributed by atoms with van der Waals surface area (Å²) in [6, 6.07) is 12.9. The summed E-state index contributed by atoms with van der Waals surface area (Å²) in [7, 11) is 0. The Morgan fingerprint density at radius 3 is 2.80 bits per heavy atom. The molecule has 1 N–H and O–H groups in total. The third-order valence-electron chi connectivity index (χ3n) is 3.31. The van der Waals surface area contributed by atoms with Gasteiger partial charge in [0.1, 0.15) is 5.82 Å². The zero-order chi connectivity index (χ0) is 14.1. The predicted molar refractivity (Wildman–Crippen MR) is 84.6 cm³/mol. The first-order valence-electron chi connectivity index (χ1n) is 6.24. The van der Waals surface area contributed by atoms with Crippen LogP contribution >= 0.6 is 27.3 Å². The molecule has 0 bridgehead atoms. The Morgan fingerprint density at radius 2 is 1.95 bits per heavy atom. The second-order valence-corrected chi connectivity index (χ2v) is 6.32. The molecule has 0 amide bonds. The van der Waals surface area contributed by atoms with E-state index < -0.39 is 6.10 Å². The SMILES string of the molecule is OC(Cc1cccc(F)c1Br)c1csc2ccccc12.